The summed E-state index contributed by atoms with van der Waals surface area (Å²) in [7, 11) is 0. The highest BCUT2D eigenvalue weighted by Crippen LogP contribution is 2.13. The van der Waals surface area contributed by atoms with Crippen LogP contribution in [0.5, 0.6) is 0 Å². The first-order chi connectivity index (χ1) is 14.6. The Kier molecular flexibility index (Phi) is 38.2. The summed E-state index contributed by atoms with van der Waals surface area (Å²) in [5.74, 6) is -5.26. The Morgan fingerprint density at radius 1 is 0.594 bits per heavy atom. The summed E-state index contributed by atoms with van der Waals surface area (Å²) in [4.78, 5) is 35.9. The normalized spacial score (nSPS) is 9.12. The number of rotatable bonds is 10. The van der Waals surface area contributed by atoms with Crippen LogP contribution in [0.4, 0.5) is 13.2 Å². The number of aliphatic hydroxyl groups excluding tert-OH is 2. The van der Waals surface area contributed by atoms with E-state index >= 15 is 0 Å². The fourth-order valence-electron chi connectivity index (χ4n) is 0.671. The number of alkyl halides is 3. The van der Waals surface area contributed by atoms with E-state index in [-0.39, 0.29) is 13.2 Å². The molecule has 0 aliphatic rings. The minimum atomic E-state index is -5.08. The van der Waals surface area contributed by atoms with Crippen molar-refractivity contribution in [3.8, 4) is 0 Å². The fourth-order valence-corrected chi connectivity index (χ4v) is 0.671. The number of carboxylic acid groups (broad SMARTS) is 4. The quantitative estimate of drug-likeness (QED) is 0.222. The van der Waals surface area contributed by atoms with Gasteiger partial charge in [-0.15, -0.1) is 0 Å². The molecule has 0 spiro atoms. The SMILES string of the molecule is CC(=O)O.CC(=O)O.CC(=O)O.O=C(O)C(F)(F)F.OCCOCCOCCOCCO. The highest BCUT2D eigenvalue weighted by Gasteiger charge is 2.38. The molecule has 0 radical (unpaired) electrons. The van der Waals surface area contributed by atoms with Crippen LogP contribution < -0.4 is 0 Å². The molecular formula is C16H31F3O13. The van der Waals surface area contributed by atoms with E-state index in [9.17, 15) is 13.2 Å². The van der Waals surface area contributed by atoms with E-state index in [0.717, 1.165) is 20.8 Å². The third-order valence-corrected chi connectivity index (χ3v) is 1.46. The van der Waals surface area contributed by atoms with Crippen molar-refractivity contribution in [2.24, 2.45) is 0 Å². The summed E-state index contributed by atoms with van der Waals surface area (Å²) in [6.45, 7) is 6.01. The van der Waals surface area contributed by atoms with Crippen molar-refractivity contribution >= 4 is 23.9 Å². The highest BCUT2D eigenvalue weighted by atomic mass is 19.4. The molecule has 6 N–H and O–H groups in total. The zero-order valence-corrected chi connectivity index (χ0v) is 17.8. The lowest BCUT2D eigenvalue weighted by Gasteiger charge is -2.04. The van der Waals surface area contributed by atoms with Gasteiger partial charge >= 0.3 is 12.1 Å². The van der Waals surface area contributed by atoms with Gasteiger partial charge in [0.2, 0.25) is 0 Å². The molecule has 13 nitrogen and oxygen atoms in total. The molecule has 0 aliphatic carbocycles. The minimum Gasteiger partial charge on any atom is -0.481 e. The first-order valence-corrected chi connectivity index (χ1v) is 8.39. The molecule has 0 bridgehead atoms. The number of aliphatic carboxylic acids is 4. The number of aliphatic hydroxyl groups is 2. The zero-order chi connectivity index (χ0) is 26.6. The van der Waals surface area contributed by atoms with Crippen LogP contribution in [0, 0.1) is 0 Å². The maximum Gasteiger partial charge on any atom is 0.490 e. The van der Waals surface area contributed by atoms with Gasteiger partial charge in [0.1, 0.15) is 0 Å². The van der Waals surface area contributed by atoms with E-state index in [1.807, 2.05) is 0 Å². The molecular weight excluding hydrogens is 457 g/mol. The minimum absolute atomic E-state index is 0.0413. The Labute approximate surface area is 181 Å². The van der Waals surface area contributed by atoms with Crippen LogP contribution in [-0.4, -0.2) is 114 Å². The summed E-state index contributed by atoms with van der Waals surface area (Å²) < 4.78 is 46.8. The lowest BCUT2D eigenvalue weighted by Crippen LogP contribution is -2.21. The maximum absolute atomic E-state index is 10.6. The molecule has 194 valence electrons. The molecule has 0 aromatic rings. The first kappa shape index (κ1) is 39.9. The van der Waals surface area contributed by atoms with Gasteiger partial charge in [0, 0.05) is 20.8 Å². The van der Waals surface area contributed by atoms with Crippen LogP contribution >= 0.6 is 0 Å². The number of hydrogen-bond donors (Lipinski definition) is 6. The largest absolute Gasteiger partial charge is 0.490 e. The van der Waals surface area contributed by atoms with Crippen molar-refractivity contribution in [1.82, 2.24) is 0 Å². The van der Waals surface area contributed by atoms with Crippen LogP contribution in [0.3, 0.4) is 0 Å². The summed E-state index contributed by atoms with van der Waals surface area (Å²) in [5.41, 5.74) is 0. The molecule has 16 heteroatoms. The predicted octanol–water partition coefficient (Wildman–Crippen LogP) is -0.0732. The molecule has 0 rings (SSSR count). The Morgan fingerprint density at radius 2 is 0.750 bits per heavy atom. The summed E-state index contributed by atoms with van der Waals surface area (Å²) >= 11 is 0. The number of ether oxygens (including phenoxy) is 3. The molecule has 0 amide bonds. The highest BCUT2D eigenvalue weighted by molar-refractivity contribution is 5.73. The van der Waals surface area contributed by atoms with Crippen LogP contribution in [0.1, 0.15) is 20.8 Å². The number of carboxylic acids is 4. The monoisotopic (exact) mass is 488 g/mol. The molecule has 0 aromatic carbocycles. The molecule has 0 aliphatic heterocycles. The molecule has 0 heterocycles. The molecule has 0 atom stereocenters. The van der Waals surface area contributed by atoms with E-state index in [1.54, 1.807) is 0 Å². The van der Waals surface area contributed by atoms with Crippen LogP contribution in [0.2, 0.25) is 0 Å². The van der Waals surface area contributed by atoms with E-state index in [1.165, 1.54) is 0 Å². The average molecular weight is 488 g/mol. The van der Waals surface area contributed by atoms with Crippen molar-refractivity contribution in [2.45, 2.75) is 26.9 Å². The number of halogens is 3. The van der Waals surface area contributed by atoms with E-state index < -0.39 is 30.1 Å². The van der Waals surface area contributed by atoms with Gasteiger partial charge in [-0.3, -0.25) is 14.4 Å². The Hall–Kier alpha value is -2.53. The van der Waals surface area contributed by atoms with Crippen molar-refractivity contribution in [1.29, 1.82) is 0 Å². The Bertz CT molecular complexity index is 406. The van der Waals surface area contributed by atoms with Gasteiger partial charge in [-0.05, 0) is 0 Å². The molecule has 0 saturated heterocycles. The van der Waals surface area contributed by atoms with Gasteiger partial charge in [-0.2, -0.15) is 13.2 Å². The first-order valence-electron chi connectivity index (χ1n) is 8.39. The smallest absolute Gasteiger partial charge is 0.481 e. The fraction of sp³-hybridized carbons (Fsp3) is 0.750. The van der Waals surface area contributed by atoms with Gasteiger partial charge in [-0.25, -0.2) is 4.79 Å². The molecule has 0 aromatic heterocycles. The number of hydrogen-bond acceptors (Lipinski definition) is 9. The second-order valence-electron chi connectivity index (χ2n) is 4.64. The summed E-state index contributed by atoms with van der Waals surface area (Å²) in [5, 5.41) is 46.1. The van der Waals surface area contributed by atoms with Crippen LogP contribution in [0.25, 0.3) is 0 Å². The van der Waals surface area contributed by atoms with E-state index in [0.29, 0.717) is 39.6 Å². The van der Waals surface area contributed by atoms with E-state index in [2.05, 4.69) is 0 Å². The summed E-state index contributed by atoms with van der Waals surface area (Å²) in [6, 6.07) is 0. The molecule has 0 saturated carbocycles. The maximum atomic E-state index is 10.6. The van der Waals surface area contributed by atoms with Gasteiger partial charge in [0.25, 0.3) is 17.9 Å². The third kappa shape index (κ3) is 106. The van der Waals surface area contributed by atoms with Crippen molar-refractivity contribution in [3.05, 3.63) is 0 Å². The Balaban J connectivity index is -0.000000107. The van der Waals surface area contributed by atoms with Gasteiger partial charge in [0.15, 0.2) is 0 Å². The van der Waals surface area contributed by atoms with Crippen molar-refractivity contribution in [2.75, 3.05) is 52.9 Å². The zero-order valence-electron chi connectivity index (χ0n) is 17.8. The van der Waals surface area contributed by atoms with E-state index in [4.69, 9.17) is 64.0 Å². The predicted molar refractivity (Wildman–Crippen MR) is 100 cm³/mol. The molecule has 32 heavy (non-hydrogen) atoms. The average Bonchev–Trinajstić information content (AvgIpc) is 2.58. The molecule has 0 unspecified atom stereocenters. The molecule has 0 fully saturated rings. The van der Waals surface area contributed by atoms with Crippen LogP contribution in [-0.2, 0) is 33.4 Å². The van der Waals surface area contributed by atoms with Crippen molar-refractivity contribution < 1.29 is 77.2 Å². The lowest BCUT2D eigenvalue weighted by molar-refractivity contribution is -0.192. The second kappa shape index (κ2) is 30.7. The topological polar surface area (TPSA) is 217 Å². The third-order valence-electron chi connectivity index (χ3n) is 1.46. The lowest BCUT2D eigenvalue weighted by atomic mass is 10.7. The number of carbonyl (C=O) groups is 4. The Morgan fingerprint density at radius 3 is 0.875 bits per heavy atom. The van der Waals surface area contributed by atoms with Crippen LogP contribution in [0.15, 0.2) is 0 Å². The van der Waals surface area contributed by atoms with Gasteiger partial charge in [0.05, 0.1) is 52.9 Å². The second-order valence-corrected chi connectivity index (χ2v) is 4.64. The summed E-state index contributed by atoms with van der Waals surface area (Å²) in [6.07, 6.45) is -5.08. The van der Waals surface area contributed by atoms with Gasteiger partial charge in [-0.1, -0.05) is 0 Å². The standard InChI is InChI=1S/C8H18O5.C2HF3O2.3C2H4O2/c9-1-3-11-5-7-13-8-6-12-4-2-10;3-2(4,5)1(6)7;3*1-2(3)4/h9-10H,1-8H2;(H,6,7);3*1H3,(H,3,4). The van der Waals surface area contributed by atoms with Crippen molar-refractivity contribution in [3.63, 3.8) is 0 Å². The van der Waals surface area contributed by atoms with Gasteiger partial charge < -0.3 is 44.8 Å².